The van der Waals surface area contributed by atoms with E-state index < -0.39 is 0 Å². The molecule has 1 aliphatic rings. The Hall–Kier alpha value is -3.17. The molecule has 9 heteroatoms. The lowest BCUT2D eigenvalue weighted by molar-refractivity contribution is 0.0668. The third kappa shape index (κ3) is 3.99. The van der Waals surface area contributed by atoms with E-state index in [1.807, 2.05) is 60.4 Å². The number of fused-ring (bicyclic) bond motifs is 2. The van der Waals surface area contributed by atoms with Gasteiger partial charge < -0.3 is 13.7 Å². The van der Waals surface area contributed by atoms with Crippen molar-refractivity contribution in [1.82, 2.24) is 20.1 Å². The molecule has 34 heavy (non-hydrogen) atoms. The maximum atomic E-state index is 13.7. The fourth-order valence-electron chi connectivity index (χ4n) is 4.46. The number of carbonyl (C=O) groups excluding carboxylic acids is 1. The number of rotatable bonds is 5. The Morgan fingerprint density at radius 2 is 1.94 bits per heavy atom. The van der Waals surface area contributed by atoms with E-state index in [4.69, 9.17) is 8.83 Å². The molecule has 6 rings (SSSR count). The summed E-state index contributed by atoms with van der Waals surface area (Å²) in [5, 5.41) is 10.2. The Bertz CT molecular complexity index is 1450. The summed E-state index contributed by atoms with van der Waals surface area (Å²) in [7, 11) is 0. The number of amides is 1. The van der Waals surface area contributed by atoms with E-state index in [0.717, 1.165) is 49.8 Å². The highest BCUT2D eigenvalue weighted by atomic mass is 32.2. The van der Waals surface area contributed by atoms with Gasteiger partial charge in [0.25, 0.3) is 5.91 Å². The first-order valence-corrected chi connectivity index (χ1v) is 13.0. The molecule has 2 aromatic carbocycles. The molecule has 3 aromatic heterocycles. The Kier molecular flexibility index (Phi) is 5.58. The first kappa shape index (κ1) is 21.4. The summed E-state index contributed by atoms with van der Waals surface area (Å²) >= 11 is 3.14. The molecule has 0 spiro atoms. The predicted octanol–water partition coefficient (Wildman–Crippen LogP) is 6.05. The molecule has 0 bridgehead atoms. The van der Waals surface area contributed by atoms with Gasteiger partial charge >= 0.3 is 0 Å². The van der Waals surface area contributed by atoms with Gasteiger partial charge in [-0.3, -0.25) is 4.79 Å². The maximum absolute atomic E-state index is 13.7. The molecule has 1 atom stereocenters. The highest BCUT2D eigenvalue weighted by Crippen LogP contribution is 2.35. The van der Waals surface area contributed by atoms with Gasteiger partial charge in [-0.05, 0) is 38.0 Å². The number of hydrogen-bond acceptors (Lipinski definition) is 8. The number of furan rings is 1. The molecule has 4 heterocycles. The van der Waals surface area contributed by atoms with Crippen LogP contribution in [0.25, 0.3) is 22.1 Å². The van der Waals surface area contributed by atoms with Crippen LogP contribution in [-0.2, 0) is 5.75 Å². The molecule has 7 nitrogen and oxygen atoms in total. The van der Waals surface area contributed by atoms with Crippen LogP contribution in [0.15, 0.2) is 61.7 Å². The zero-order chi connectivity index (χ0) is 23.1. The molecule has 1 unspecified atom stereocenters. The first-order chi connectivity index (χ1) is 16.7. The number of nitrogens with zero attached hydrogens (tertiary/aromatic N) is 4. The molecule has 1 amide bonds. The van der Waals surface area contributed by atoms with Gasteiger partial charge in [0.05, 0.1) is 5.92 Å². The number of para-hydroxylation sites is 3. The van der Waals surface area contributed by atoms with Gasteiger partial charge in [-0.1, -0.05) is 53.4 Å². The van der Waals surface area contributed by atoms with E-state index >= 15 is 0 Å². The lowest BCUT2D eigenvalue weighted by atomic mass is 9.97. The van der Waals surface area contributed by atoms with Crippen LogP contribution in [0.5, 0.6) is 0 Å². The van der Waals surface area contributed by atoms with Crippen LogP contribution in [0.4, 0.5) is 0 Å². The first-order valence-electron chi connectivity index (χ1n) is 11.2. The highest BCUT2D eigenvalue weighted by Gasteiger charge is 2.32. The summed E-state index contributed by atoms with van der Waals surface area (Å²) in [6.45, 7) is 3.19. The van der Waals surface area contributed by atoms with Crippen LogP contribution < -0.4 is 0 Å². The van der Waals surface area contributed by atoms with Crippen molar-refractivity contribution in [1.29, 1.82) is 0 Å². The third-order valence-electron chi connectivity index (χ3n) is 6.11. The van der Waals surface area contributed by atoms with Gasteiger partial charge in [-0.25, -0.2) is 4.98 Å². The molecule has 1 aliphatic heterocycles. The minimum atomic E-state index is -0.0824. The van der Waals surface area contributed by atoms with Gasteiger partial charge in [-0.2, -0.15) is 0 Å². The standard InChI is InChI=1S/C25H22N4O3S2/c1-15-27-28-25(34-15)33-14-18-17-8-2-4-10-20(17)31-22(18)24(30)29-12-6-7-16(13-29)23-26-19-9-3-5-11-21(19)32-23/h2-5,8-11,16H,6-7,12-14H2,1H3. The molecule has 172 valence electrons. The molecule has 1 saturated heterocycles. The van der Waals surface area contributed by atoms with Crippen LogP contribution in [0.2, 0.25) is 0 Å². The number of piperidine rings is 1. The van der Waals surface area contributed by atoms with Crippen LogP contribution in [-0.4, -0.2) is 39.1 Å². The van der Waals surface area contributed by atoms with Crippen molar-refractivity contribution < 1.29 is 13.6 Å². The second-order valence-electron chi connectivity index (χ2n) is 8.39. The Balaban J connectivity index is 1.28. The lowest BCUT2D eigenvalue weighted by Crippen LogP contribution is -2.39. The highest BCUT2D eigenvalue weighted by molar-refractivity contribution is 8.00. The molecule has 0 N–H and O–H groups in total. The maximum Gasteiger partial charge on any atom is 0.289 e. The fourth-order valence-corrected chi connectivity index (χ4v) is 6.30. The van der Waals surface area contributed by atoms with Crippen molar-refractivity contribution in [2.45, 2.75) is 35.8 Å². The fraction of sp³-hybridized carbons (Fsp3) is 0.280. The van der Waals surface area contributed by atoms with Crippen molar-refractivity contribution in [2.75, 3.05) is 13.1 Å². The second-order valence-corrected chi connectivity index (χ2v) is 10.8. The summed E-state index contributed by atoms with van der Waals surface area (Å²) < 4.78 is 13.0. The number of benzene rings is 2. The topological polar surface area (TPSA) is 85.3 Å². The van der Waals surface area contributed by atoms with E-state index in [1.165, 1.54) is 0 Å². The number of oxazole rings is 1. The minimum absolute atomic E-state index is 0.0664. The average Bonchev–Trinajstić information content (AvgIpc) is 3.58. The smallest absolute Gasteiger partial charge is 0.289 e. The van der Waals surface area contributed by atoms with Gasteiger partial charge in [0.1, 0.15) is 16.1 Å². The van der Waals surface area contributed by atoms with Crippen molar-refractivity contribution in [3.63, 3.8) is 0 Å². The van der Waals surface area contributed by atoms with Crippen LogP contribution in [0.3, 0.4) is 0 Å². The van der Waals surface area contributed by atoms with E-state index in [-0.39, 0.29) is 11.8 Å². The average molecular weight is 491 g/mol. The second kappa shape index (κ2) is 8.88. The molecular formula is C25H22N4O3S2. The van der Waals surface area contributed by atoms with Crippen molar-refractivity contribution in [2.24, 2.45) is 0 Å². The molecular weight excluding hydrogens is 468 g/mol. The van der Waals surface area contributed by atoms with Gasteiger partial charge in [0.2, 0.25) is 0 Å². The normalized spacial score (nSPS) is 16.5. The van der Waals surface area contributed by atoms with Gasteiger partial charge in [0.15, 0.2) is 21.6 Å². The van der Waals surface area contributed by atoms with Gasteiger partial charge in [0, 0.05) is 29.8 Å². The number of hydrogen-bond donors (Lipinski definition) is 0. The summed E-state index contributed by atoms with van der Waals surface area (Å²) in [5.74, 6) is 1.69. The lowest BCUT2D eigenvalue weighted by Gasteiger charge is -2.30. The monoisotopic (exact) mass is 490 g/mol. The third-order valence-corrected chi connectivity index (χ3v) is 8.11. The molecule has 0 radical (unpaired) electrons. The zero-order valence-electron chi connectivity index (χ0n) is 18.6. The van der Waals surface area contributed by atoms with Crippen molar-refractivity contribution in [3.8, 4) is 0 Å². The SMILES string of the molecule is Cc1nnc(SCc2c(C(=O)N3CCCC(c4nc5ccccc5o4)C3)oc3ccccc23)s1. The molecule has 0 aliphatic carbocycles. The number of aromatic nitrogens is 3. The predicted molar refractivity (Wildman–Crippen MR) is 132 cm³/mol. The van der Waals surface area contributed by atoms with E-state index in [0.29, 0.717) is 30.5 Å². The van der Waals surface area contributed by atoms with Gasteiger partial charge in [-0.15, -0.1) is 10.2 Å². The van der Waals surface area contributed by atoms with Crippen LogP contribution >= 0.6 is 23.1 Å². The molecule has 0 saturated carbocycles. The zero-order valence-corrected chi connectivity index (χ0v) is 20.2. The van der Waals surface area contributed by atoms with E-state index in [1.54, 1.807) is 23.1 Å². The van der Waals surface area contributed by atoms with E-state index in [2.05, 4.69) is 15.2 Å². The number of thioether (sulfide) groups is 1. The summed E-state index contributed by atoms with van der Waals surface area (Å²) in [6, 6.07) is 15.6. The quantitative estimate of drug-likeness (QED) is 0.277. The van der Waals surface area contributed by atoms with Crippen molar-refractivity contribution in [3.05, 3.63) is 70.8 Å². The van der Waals surface area contributed by atoms with Crippen molar-refractivity contribution >= 4 is 51.1 Å². The van der Waals surface area contributed by atoms with Crippen LogP contribution in [0, 0.1) is 6.92 Å². The largest absolute Gasteiger partial charge is 0.451 e. The Labute approximate surface area is 204 Å². The van der Waals surface area contributed by atoms with Crippen LogP contribution in [0.1, 0.15) is 45.8 Å². The summed E-state index contributed by atoms with van der Waals surface area (Å²) in [6.07, 6.45) is 1.83. The van der Waals surface area contributed by atoms with E-state index in [9.17, 15) is 4.79 Å². The molecule has 5 aromatic rings. The summed E-state index contributed by atoms with van der Waals surface area (Å²) in [5.41, 5.74) is 3.26. The summed E-state index contributed by atoms with van der Waals surface area (Å²) in [4.78, 5) is 20.3. The molecule has 1 fully saturated rings. The number of aryl methyl sites for hydroxylation is 1. The number of likely N-dealkylation sites (tertiary alicyclic amines) is 1. The minimum Gasteiger partial charge on any atom is -0.451 e. The number of carbonyl (C=O) groups is 1. The Morgan fingerprint density at radius 3 is 2.76 bits per heavy atom. The Morgan fingerprint density at radius 1 is 1.12 bits per heavy atom.